The van der Waals surface area contributed by atoms with Crippen molar-refractivity contribution in [3.05, 3.63) is 82.9 Å². The van der Waals surface area contributed by atoms with Gasteiger partial charge in [-0.3, -0.25) is 4.79 Å². The van der Waals surface area contributed by atoms with E-state index in [1.54, 1.807) is 25.1 Å². The molecule has 0 aliphatic rings. The van der Waals surface area contributed by atoms with Crippen LogP contribution in [0.3, 0.4) is 0 Å². The van der Waals surface area contributed by atoms with Gasteiger partial charge in [0.25, 0.3) is 0 Å². The topological polar surface area (TPSA) is 64.1 Å². The highest BCUT2D eigenvalue weighted by molar-refractivity contribution is 6.36. The number of carbonyl (C=O) groups is 1. The van der Waals surface area contributed by atoms with E-state index in [-0.39, 0.29) is 10.9 Å². The summed E-state index contributed by atoms with van der Waals surface area (Å²) in [6, 6.07) is 9.74. The van der Waals surface area contributed by atoms with Crippen LogP contribution in [0.1, 0.15) is 18.6 Å². The average molecular weight is 432 g/mol. The van der Waals surface area contributed by atoms with Gasteiger partial charge < -0.3 is 10.1 Å². The molecule has 1 N–H and O–H groups in total. The summed E-state index contributed by atoms with van der Waals surface area (Å²) in [7, 11) is 0. The van der Waals surface area contributed by atoms with Gasteiger partial charge in [-0.25, -0.2) is 14.4 Å². The van der Waals surface area contributed by atoms with Crippen LogP contribution in [-0.4, -0.2) is 15.9 Å². The number of carbonyl (C=O) groups excluding carboxylic acids is 1. The van der Waals surface area contributed by atoms with Gasteiger partial charge in [-0.05, 0) is 37.3 Å². The van der Waals surface area contributed by atoms with Crippen LogP contribution in [0.25, 0.3) is 11.4 Å². The van der Waals surface area contributed by atoms with Crippen LogP contribution in [0.15, 0.2) is 61.4 Å². The molecule has 3 aromatic rings. The highest BCUT2D eigenvalue weighted by atomic mass is 35.5. The fourth-order valence-electron chi connectivity index (χ4n) is 2.62. The maximum atomic E-state index is 13.8. The minimum absolute atomic E-state index is 0.0679. The van der Waals surface area contributed by atoms with Gasteiger partial charge in [0.05, 0.1) is 23.1 Å². The first-order valence-electron chi connectivity index (χ1n) is 8.55. The third-order valence-electron chi connectivity index (χ3n) is 4.00. The Morgan fingerprint density at radius 1 is 1.24 bits per heavy atom. The van der Waals surface area contributed by atoms with E-state index in [0.717, 1.165) is 6.08 Å². The molecule has 0 aliphatic carbocycles. The predicted molar refractivity (Wildman–Crippen MR) is 112 cm³/mol. The largest absolute Gasteiger partial charge is 0.486 e. The fraction of sp³-hybridized carbons (Fsp3) is 0.0952. The van der Waals surface area contributed by atoms with E-state index < -0.39 is 11.9 Å². The lowest BCUT2D eigenvalue weighted by atomic mass is 10.1. The van der Waals surface area contributed by atoms with Crippen LogP contribution in [0, 0.1) is 5.82 Å². The van der Waals surface area contributed by atoms with Gasteiger partial charge in [0.2, 0.25) is 5.91 Å². The smallest absolute Gasteiger partial charge is 0.247 e. The van der Waals surface area contributed by atoms with Gasteiger partial charge >= 0.3 is 0 Å². The molecule has 0 bridgehead atoms. The van der Waals surface area contributed by atoms with Crippen LogP contribution in [0.2, 0.25) is 10.0 Å². The first kappa shape index (κ1) is 20.8. The third kappa shape index (κ3) is 4.91. The Labute approximate surface area is 177 Å². The molecule has 0 aliphatic heterocycles. The number of ether oxygens (including phenoxy) is 1. The second kappa shape index (κ2) is 9.03. The number of nitrogens with one attached hydrogen (secondary N) is 1. The van der Waals surface area contributed by atoms with E-state index in [1.807, 2.05) is 6.07 Å². The Bertz CT molecular complexity index is 1060. The molecule has 148 valence electrons. The molecule has 0 radical (unpaired) electrons. The average Bonchev–Trinajstić information content (AvgIpc) is 2.71. The molecule has 1 aromatic heterocycles. The molecule has 0 spiro atoms. The molecule has 0 saturated carbocycles. The molecule has 29 heavy (non-hydrogen) atoms. The van der Waals surface area contributed by atoms with Gasteiger partial charge in [-0.15, -0.1) is 0 Å². The lowest BCUT2D eigenvalue weighted by molar-refractivity contribution is -0.111. The zero-order valence-corrected chi connectivity index (χ0v) is 16.8. The summed E-state index contributed by atoms with van der Waals surface area (Å²) in [5.41, 5.74) is 1.53. The normalized spacial score (nSPS) is 11.6. The van der Waals surface area contributed by atoms with Crippen molar-refractivity contribution in [3.8, 4) is 17.1 Å². The second-order valence-corrected chi connectivity index (χ2v) is 6.82. The molecule has 1 unspecified atom stereocenters. The summed E-state index contributed by atoms with van der Waals surface area (Å²) in [5.74, 6) is 0.0493. The Kier molecular flexibility index (Phi) is 6.46. The van der Waals surface area contributed by atoms with E-state index >= 15 is 0 Å². The van der Waals surface area contributed by atoms with E-state index in [9.17, 15) is 9.18 Å². The minimum Gasteiger partial charge on any atom is -0.486 e. The van der Waals surface area contributed by atoms with E-state index in [4.69, 9.17) is 27.9 Å². The Morgan fingerprint density at radius 3 is 2.66 bits per heavy atom. The van der Waals surface area contributed by atoms with E-state index in [1.165, 1.54) is 24.5 Å². The number of anilines is 1. The molecular formula is C21H16Cl2FN3O2. The van der Waals surface area contributed by atoms with Crippen LogP contribution in [-0.2, 0) is 4.79 Å². The number of hydrogen-bond acceptors (Lipinski definition) is 4. The Balaban J connectivity index is 1.80. The molecule has 0 fully saturated rings. The van der Waals surface area contributed by atoms with Gasteiger partial charge in [0, 0.05) is 16.1 Å². The number of amides is 1. The van der Waals surface area contributed by atoms with Gasteiger partial charge in [0.1, 0.15) is 17.7 Å². The Hall–Kier alpha value is -2.96. The predicted octanol–water partition coefficient (Wildman–Crippen LogP) is 5.85. The molecule has 2 aromatic carbocycles. The van der Waals surface area contributed by atoms with Crippen LogP contribution < -0.4 is 10.1 Å². The highest BCUT2D eigenvalue weighted by Crippen LogP contribution is 2.35. The van der Waals surface area contributed by atoms with Gasteiger partial charge in [-0.1, -0.05) is 41.9 Å². The Morgan fingerprint density at radius 2 is 1.97 bits per heavy atom. The standard InChI is InChI=1S/C21H16Cl2FN3O2/c1-3-18(28)27-14-10-25-21(26-11-14)13-5-4-6-15(9-13)29-12(2)19-16(22)7-8-17(24)20(19)23/h3-12H,1H2,2H3,(H,27,28). The molecule has 1 amide bonds. The van der Waals surface area contributed by atoms with Crippen molar-refractivity contribution in [1.29, 1.82) is 0 Å². The maximum absolute atomic E-state index is 13.8. The minimum atomic E-state index is -0.585. The van der Waals surface area contributed by atoms with Crippen LogP contribution >= 0.6 is 23.2 Å². The quantitative estimate of drug-likeness (QED) is 0.392. The fourth-order valence-corrected chi connectivity index (χ4v) is 3.30. The number of nitrogens with zero attached hydrogens (tertiary/aromatic N) is 2. The summed E-state index contributed by atoms with van der Waals surface area (Å²) in [6.07, 6.45) is 3.56. The molecule has 1 atom stereocenters. The van der Waals surface area contributed by atoms with Crippen LogP contribution in [0.5, 0.6) is 5.75 Å². The van der Waals surface area contributed by atoms with Crippen molar-refractivity contribution in [1.82, 2.24) is 9.97 Å². The number of halogens is 3. The second-order valence-electron chi connectivity index (χ2n) is 6.03. The summed E-state index contributed by atoms with van der Waals surface area (Å²) < 4.78 is 19.7. The third-order valence-corrected chi connectivity index (χ3v) is 4.71. The number of rotatable bonds is 6. The molecular weight excluding hydrogens is 416 g/mol. The molecule has 1 heterocycles. The van der Waals surface area contributed by atoms with E-state index in [2.05, 4.69) is 21.9 Å². The maximum Gasteiger partial charge on any atom is 0.247 e. The van der Waals surface area contributed by atoms with E-state index in [0.29, 0.717) is 33.4 Å². The van der Waals surface area contributed by atoms with Crippen molar-refractivity contribution in [2.24, 2.45) is 0 Å². The first-order valence-corrected chi connectivity index (χ1v) is 9.30. The molecule has 3 rings (SSSR count). The van der Waals surface area contributed by atoms with Crippen molar-refractivity contribution < 1.29 is 13.9 Å². The lowest BCUT2D eigenvalue weighted by Gasteiger charge is -2.18. The summed E-state index contributed by atoms with van der Waals surface area (Å²) in [4.78, 5) is 19.8. The van der Waals surface area contributed by atoms with Crippen molar-refractivity contribution in [2.75, 3.05) is 5.32 Å². The van der Waals surface area contributed by atoms with Gasteiger partial charge in [0.15, 0.2) is 5.82 Å². The zero-order chi connectivity index (χ0) is 21.0. The number of aromatic nitrogens is 2. The summed E-state index contributed by atoms with van der Waals surface area (Å²) >= 11 is 12.2. The van der Waals surface area contributed by atoms with Gasteiger partial charge in [-0.2, -0.15) is 0 Å². The molecule has 5 nitrogen and oxygen atoms in total. The summed E-state index contributed by atoms with van der Waals surface area (Å²) in [5, 5.41) is 2.83. The monoisotopic (exact) mass is 431 g/mol. The highest BCUT2D eigenvalue weighted by Gasteiger charge is 2.19. The lowest BCUT2D eigenvalue weighted by Crippen LogP contribution is -2.08. The van der Waals surface area contributed by atoms with Crippen molar-refractivity contribution in [3.63, 3.8) is 0 Å². The van der Waals surface area contributed by atoms with Crippen molar-refractivity contribution >= 4 is 34.8 Å². The first-order chi connectivity index (χ1) is 13.9. The number of benzene rings is 2. The molecule has 0 saturated heterocycles. The van der Waals surface area contributed by atoms with Crippen molar-refractivity contribution in [2.45, 2.75) is 13.0 Å². The van der Waals surface area contributed by atoms with Crippen LogP contribution in [0.4, 0.5) is 10.1 Å². The molecule has 8 heteroatoms. The number of hydrogen-bond donors (Lipinski definition) is 1. The zero-order valence-electron chi connectivity index (χ0n) is 15.3. The summed E-state index contributed by atoms with van der Waals surface area (Å²) in [6.45, 7) is 5.12. The SMILES string of the molecule is C=CC(=O)Nc1cnc(-c2cccc(OC(C)c3c(Cl)ccc(F)c3Cl)c2)nc1.